The molecule has 1 unspecified atom stereocenters. The molecule has 0 amide bonds. The average molecular weight is 226 g/mol. The SMILES string of the molecule is CCCCCCCC(C)C(C)(C)C(=O)C=O. The van der Waals surface area contributed by atoms with Gasteiger partial charge in [0.05, 0.1) is 0 Å². The summed E-state index contributed by atoms with van der Waals surface area (Å²) in [5, 5.41) is 0. The zero-order chi connectivity index (χ0) is 12.6. The van der Waals surface area contributed by atoms with E-state index in [1.807, 2.05) is 13.8 Å². The van der Waals surface area contributed by atoms with E-state index >= 15 is 0 Å². The van der Waals surface area contributed by atoms with Crippen molar-refractivity contribution in [3.05, 3.63) is 0 Å². The zero-order valence-corrected chi connectivity index (χ0v) is 11.2. The van der Waals surface area contributed by atoms with E-state index in [1.54, 1.807) is 0 Å². The van der Waals surface area contributed by atoms with Crippen LogP contribution in [0.15, 0.2) is 0 Å². The molecule has 0 aromatic rings. The molecule has 2 nitrogen and oxygen atoms in total. The minimum absolute atomic E-state index is 0.270. The van der Waals surface area contributed by atoms with Crippen LogP contribution in [0.25, 0.3) is 0 Å². The third-order valence-corrected chi connectivity index (χ3v) is 3.71. The topological polar surface area (TPSA) is 34.1 Å². The van der Waals surface area contributed by atoms with Crippen molar-refractivity contribution in [3.8, 4) is 0 Å². The summed E-state index contributed by atoms with van der Waals surface area (Å²) in [5.74, 6) is 0.0142. The summed E-state index contributed by atoms with van der Waals surface area (Å²) in [5.41, 5.74) is -0.494. The number of ketones is 1. The molecule has 0 aliphatic rings. The van der Waals surface area contributed by atoms with E-state index in [1.165, 1.54) is 25.7 Å². The first-order valence-corrected chi connectivity index (χ1v) is 6.46. The normalized spacial score (nSPS) is 13.5. The highest BCUT2D eigenvalue weighted by atomic mass is 16.2. The molecule has 0 bridgehead atoms. The fourth-order valence-electron chi connectivity index (χ4n) is 1.81. The first-order valence-electron chi connectivity index (χ1n) is 6.46. The maximum Gasteiger partial charge on any atom is 0.201 e. The quantitative estimate of drug-likeness (QED) is 0.340. The van der Waals surface area contributed by atoms with Crippen molar-refractivity contribution in [2.75, 3.05) is 0 Å². The molecule has 0 saturated carbocycles. The number of hydrogen-bond acceptors (Lipinski definition) is 2. The second kappa shape index (κ2) is 7.59. The van der Waals surface area contributed by atoms with E-state index in [4.69, 9.17) is 0 Å². The highest BCUT2D eigenvalue weighted by Gasteiger charge is 2.32. The van der Waals surface area contributed by atoms with Crippen molar-refractivity contribution in [1.82, 2.24) is 0 Å². The Hall–Kier alpha value is -0.660. The van der Waals surface area contributed by atoms with Crippen LogP contribution in [0.4, 0.5) is 0 Å². The van der Waals surface area contributed by atoms with Crippen molar-refractivity contribution in [1.29, 1.82) is 0 Å². The Balaban J connectivity index is 3.91. The van der Waals surface area contributed by atoms with Gasteiger partial charge in [0.2, 0.25) is 5.78 Å². The maximum atomic E-state index is 11.4. The molecule has 0 radical (unpaired) electrons. The molecule has 16 heavy (non-hydrogen) atoms. The van der Waals surface area contributed by atoms with Crippen LogP contribution in [-0.2, 0) is 9.59 Å². The smallest absolute Gasteiger partial charge is 0.201 e. The van der Waals surface area contributed by atoms with E-state index in [0.29, 0.717) is 6.29 Å². The molecule has 0 rings (SSSR count). The van der Waals surface area contributed by atoms with Crippen LogP contribution in [0, 0.1) is 11.3 Å². The van der Waals surface area contributed by atoms with Crippen molar-refractivity contribution in [3.63, 3.8) is 0 Å². The molecule has 0 aromatic heterocycles. The summed E-state index contributed by atoms with van der Waals surface area (Å²) in [6.07, 6.45) is 7.74. The minimum atomic E-state index is -0.494. The summed E-state index contributed by atoms with van der Waals surface area (Å²) < 4.78 is 0. The molecule has 1 atom stereocenters. The molecular weight excluding hydrogens is 200 g/mol. The van der Waals surface area contributed by atoms with Gasteiger partial charge in [-0.25, -0.2) is 0 Å². The van der Waals surface area contributed by atoms with Crippen LogP contribution in [-0.4, -0.2) is 12.1 Å². The first kappa shape index (κ1) is 15.3. The number of aldehydes is 1. The zero-order valence-electron chi connectivity index (χ0n) is 11.2. The fourth-order valence-corrected chi connectivity index (χ4v) is 1.81. The van der Waals surface area contributed by atoms with Crippen molar-refractivity contribution in [2.24, 2.45) is 11.3 Å². The van der Waals surface area contributed by atoms with Gasteiger partial charge in [-0.3, -0.25) is 9.59 Å². The Labute approximate surface area is 99.8 Å². The Kier molecular flexibility index (Phi) is 7.27. The van der Waals surface area contributed by atoms with E-state index in [0.717, 1.165) is 12.8 Å². The second-order valence-corrected chi connectivity index (χ2v) is 5.31. The van der Waals surface area contributed by atoms with Crippen LogP contribution in [0.2, 0.25) is 0 Å². The molecular formula is C14H26O2. The molecule has 0 spiro atoms. The van der Waals surface area contributed by atoms with E-state index in [9.17, 15) is 9.59 Å². The van der Waals surface area contributed by atoms with Crippen molar-refractivity contribution < 1.29 is 9.59 Å². The third-order valence-electron chi connectivity index (χ3n) is 3.71. The van der Waals surface area contributed by atoms with Gasteiger partial charge in [-0.1, -0.05) is 59.8 Å². The Morgan fingerprint density at radius 1 is 1.19 bits per heavy atom. The lowest BCUT2D eigenvalue weighted by molar-refractivity contribution is -0.137. The number of Topliss-reactive ketones (excluding diaryl/α,β-unsaturated/α-hetero) is 1. The van der Waals surface area contributed by atoms with Crippen LogP contribution >= 0.6 is 0 Å². The lowest BCUT2D eigenvalue weighted by atomic mass is 9.74. The van der Waals surface area contributed by atoms with Crippen LogP contribution < -0.4 is 0 Å². The summed E-state index contributed by atoms with van der Waals surface area (Å²) in [7, 11) is 0. The maximum absolute atomic E-state index is 11.4. The van der Waals surface area contributed by atoms with Gasteiger partial charge in [-0.15, -0.1) is 0 Å². The largest absolute Gasteiger partial charge is 0.295 e. The van der Waals surface area contributed by atoms with Gasteiger partial charge in [-0.2, -0.15) is 0 Å². The van der Waals surface area contributed by atoms with Crippen LogP contribution in [0.5, 0.6) is 0 Å². The molecule has 0 N–H and O–H groups in total. The van der Waals surface area contributed by atoms with Gasteiger partial charge in [-0.05, 0) is 12.3 Å². The number of carbonyl (C=O) groups excluding carboxylic acids is 2. The van der Waals surface area contributed by atoms with Gasteiger partial charge >= 0.3 is 0 Å². The number of hydrogen-bond donors (Lipinski definition) is 0. The lowest BCUT2D eigenvalue weighted by Crippen LogP contribution is -2.32. The Bertz CT molecular complexity index is 219. The number of rotatable bonds is 9. The lowest BCUT2D eigenvalue weighted by Gasteiger charge is -2.28. The van der Waals surface area contributed by atoms with Crippen LogP contribution in [0.3, 0.4) is 0 Å². The second-order valence-electron chi connectivity index (χ2n) is 5.31. The standard InChI is InChI=1S/C14H26O2/c1-5-6-7-8-9-10-12(2)14(3,4)13(16)11-15/h11-12H,5-10H2,1-4H3. The van der Waals surface area contributed by atoms with Gasteiger partial charge < -0.3 is 0 Å². The monoisotopic (exact) mass is 226 g/mol. The predicted octanol–water partition coefficient (Wildman–Crippen LogP) is 3.78. The van der Waals surface area contributed by atoms with E-state index in [2.05, 4.69) is 13.8 Å². The minimum Gasteiger partial charge on any atom is -0.295 e. The highest BCUT2D eigenvalue weighted by Crippen LogP contribution is 2.31. The molecule has 0 aliphatic carbocycles. The average Bonchev–Trinajstić information content (AvgIpc) is 2.27. The Morgan fingerprint density at radius 3 is 2.25 bits per heavy atom. The summed E-state index contributed by atoms with van der Waals surface area (Å²) in [6.45, 7) is 8.02. The molecule has 0 aliphatic heterocycles. The number of carbonyl (C=O) groups is 2. The van der Waals surface area contributed by atoms with E-state index < -0.39 is 5.41 Å². The van der Waals surface area contributed by atoms with Gasteiger partial charge in [0, 0.05) is 5.41 Å². The fraction of sp³-hybridized carbons (Fsp3) is 0.857. The van der Waals surface area contributed by atoms with E-state index in [-0.39, 0.29) is 11.7 Å². The van der Waals surface area contributed by atoms with Crippen LogP contribution in [0.1, 0.15) is 66.2 Å². The van der Waals surface area contributed by atoms with Crippen molar-refractivity contribution in [2.45, 2.75) is 66.2 Å². The molecule has 0 fully saturated rings. The van der Waals surface area contributed by atoms with Gasteiger partial charge in [0.15, 0.2) is 6.29 Å². The molecule has 0 heterocycles. The van der Waals surface area contributed by atoms with Gasteiger partial charge in [0.25, 0.3) is 0 Å². The van der Waals surface area contributed by atoms with Gasteiger partial charge in [0.1, 0.15) is 0 Å². The molecule has 0 aromatic carbocycles. The third kappa shape index (κ3) is 4.91. The van der Waals surface area contributed by atoms with Crippen molar-refractivity contribution >= 4 is 12.1 Å². The summed E-state index contributed by atoms with van der Waals surface area (Å²) in [6, 6.07) is 0. The number of unbranched alkanes of at least 4 members (excludes halogenated alkanes) is 4. The predicted molar refractivity (Wildman–Crippen MR) is 67.4 cm³/mol. The molecule has 0 saturated heterocycles. The molecule has 94 valence electrons. The summed E-state index contributed by atoms with van der Waals surface area (Å²) >= 11 is 0. The highest BCUT2D eigenvalue weighted by molar-refractivity contribution is 6.27. The summed E-state index contributed by atoms with van der Waals surface area (Å²) in [4.78, 5) is 22.0. The first-order chi connectivity index (χ1) is 7.46. The molecule has 2 heteroatoms. The Morgan fingerprint density at radius 2 is 1.75 bits per heavy atom.